The number of likely N-dealkylation sites (tertiary alicyclic amines) is 1. The summed E-state index contributed by atoms with van der Waals surface area (Å²) in [7, 11) is 4.14. The van der Waals surface area contributed by atoms with Gasteiger partial charge >= 0.3 is 0 Å². The number of carbonyl (C=O) groups excluding carboxylic acids is 1. The van der Waals surface area contributed by atoms with E-state index in [1.54, 1.807) is 0 Å². The Hall–Kier alpha value is -2.04. The number of hydrogen-bond donors (Lipinski definition) is 0. The second-order valence-electron chi connectivity index (χ2n) is 9.85. The molecule has 2 aromatic carbocycles. The van der Waals surface area contributed by atoms with Gasteiger partial charge in [0, 0.05) is 30.1 Å². The molecule has 1 saturated carbocycles. The Morgan fingerprint density at radius 2 is 1.73 bits per heavy atom. The molecule has 1 aliphatic carbocycles. The number of amides is 1. The van der Waals surface area contributed by atoms with Crippen molar-refractivity contribution in [2.45, 2.75) is 57.4 Å². The molecule has 1 saturated heterocycles. The maximum atomic E-state index is 13.0. The van der Waals surface area contributed by atoms with Gasteiger partial charge in [0.1, 0.15) is 5.75 Å². The molecule has 0 radical (unpaired) electrons. The summed E-state index contributed by atoms with van der Waals surface area (Å²) in [6.07, 6.45) is 8.88. The Balaban J connectivity index is 1.34. The second kappa shape index (κ2) is 11.4. The minimum Gasteiger partial charge on any atom is -0.494 e. The van der Waals surface area contributed by atoms with E-state index in [4.69, 9.17) is 16.3 Å². The first-order valence-electron chi connectivity index (χ1n) is 12.5. The van der Waals surface area contributed by atoms with Crippen molar-refractivity contribution >= 4 is 17.5 Å². The summed E-state index contributed by atoms with van der Waals surface area (Å²) in [5.74, 6) is 1.30. The molecule has 0 bridgehead atoms. The average Bonchev–Trinajstić information content (AvgIpc) is 3.19. The van der Waals surface area contributed by atoms with Gasteiger partial charge in [-0.2, -0.15) is 0 Å². The number of hydrogen-bond acceptors (Lipinski definition) is 3. The molecule has 178 valence electrons. The Morgan fingerprint density at radius 1 is 1.00 bits per heavy atom. The molecule has 33 heavy (non-hydrogen) atoms. The molecule has 0 spiro atoms. The number of ether oxygens (including phenoxy) is 1. The topological polar surface area (TPSA) is 32.8 Å². The van der Waals surface area contributed by atoms with Crippen LogP contribution < -0.4 is 4.74 Å². The smallest absolute Gasteiger partial charge is 0.226 e. The van der Waals surface area contributed by atoms with Crippen LogP contribution in [0.1, 0.15) is 50.5 Å². The average molecular weight is 469 g/mol. The fraction of sp³-hybridized carbons (Fsp3) is 0.536. The minimum atomic E-state index is 0.0687. The van der Waals surface area contributed by atoms with E-state index < -0.39 is 0 Å². The highest BCUT2D eigenvalue weighted by atomic mass is 35.5. The number of carbonyl (C=O) groups is 1. The van der Waals surface area contributed by atoms with Gasteiger partial charge in [0.05, 0.1) is 6.61 Å². The summed E-state index contributed by atoms with van der Waals surface area (Å²) in [6, 6.07) is 14.9. The normalized spacial score (nSPS) is 19.5. The van der Waals surface area contributed by atoms with E-state index in [0.29, 0.717) is 11.9 Å². The second-order valence-corrected chi connectivity index (χ2v) is 10.3. The molecule has 2 aromatic rings. The van der Waals surface area contributed by atoms with E-state index in [9.17, 15) is 4.79 Å². The molecular formula is C28H37ClN2O2. The van der Waals surface area contributed by atoms with Crippen LogP contribution in [0, 0.1) is 5.92 Å². The highest BCUT2D eigenvalue weighted by molar-refractivity contribution is 6.31. The largest absolute Gasteiger partial charge is 0.494 e. The Bertz CT molecular complexity index is 922. The van der Waals surface area contributed by atoms with Crippen LogP contribution in [0.25, 0.3) is 11.1 Å². The predicted molar refractivity (Wildman–Crippen MR) is 136 cm³/mol. The molecule has 4 rings (SSSR count). The van der Waals surface area contributed by atoms with E-state index in [2.05, 4.69) is 48.2 Å². The van der Waals surface area contributed by atoms with Gasteiger partial charge in [0.2, 0.25) is 5.91 Å². The van der Waals surface area contributed by atoms with E-state index >= 15 is 0 Å². The number of benzene rings is 2. The lowest BCUT2D eigenvalue weighted by molar-refractivity contribution is -0.133. The van der Waals surface area contributed by atoms with Crippen LogP contribution in [0.3, 0.4) is 0 Å². The third-order valence-electron chi connectivity index (χ3n) is 7.09. The van der Waals surface area contributed by atoms with Gasteiger partial charge in [-0.1, -0.05) is 55.1 Å². The third-order valence-corrected chi connectivity index (χ3v) is 7.44. The van der Waals surface area contributed by atoms with Crippen LogP contribution in [0.15, 0.2) is 42.5 Å². The first kappa shape index (κ1) is 24.1. The van der Waals surface area contributed by atoms with E-state index in [-0.39, 0.29) is 5.92 Å². The monoisotopic (exact) mass is 468 g/mol. The van der Waals surface area contributed by atoms with Gasteiger partial charge in [-0.3, -0.25) is 4.79 Å². The number of nitrogens with zero attached hydrogens (tertiary/aromatic N) is 2. The van der Waals surface area contributed by atoms with Crippen molar-refractivity contribution < 1.29 is 9.53 Å². The van der Waals surface area contributed by atoms with Gasteiger partial charge in [-0.15, -0.1) is 0 Å². The quantitative estimate of drug-likeness (QED) is 0.419. The highest BCUT2D eigenvalue weighted by Gasteiger charge is 2.36. The summed E-state index contributed by atoms with van der Waals surface area (Å²) >= 11 is 6.68. The van der Waals surface area contributed by atoms with Crippen LogP contribution in [-0.4, -0.2) is 55.5 Å². The summed E-state index contributed by atoms with van der Waals surface area (Å²) in [5, 5.41) is 0.750. The lowest BCUT2D eigenvalue weighted by Crippen LogP contribution is -2.39. The van der Waals surface area contributed by atoms with Gasteiger partial charge in [-0.05, 0) is 81.1 Å². The van der Waals surface area contributed by atoms with Crippen molar-refractivity contribution in [2.75, 3.05) is 33.8 Å². The van der Waals surface area contributed by atoms with Gasteiger partial charge in [-0.25, -0.2) is 0 Å². The maximum absolute atomic E-state index is 13.0. The molecule has 0 N–H and O–H groups in total. The summed E-state index contributed by atoms with van der Waals surface area (Å²) < 4.78 is 5.84. The molecule has 2 fully saturated rings. The maximum Gasteiger partial charge on any atom is 0.226 e. The Labute approximate surface area is 203 Å². The fourth-order valence-electron chi connectivity index (χ4n) is 5.18. The third kappa shape index (κ3) is 6.30. The zero-order valence-electron chi connectivity index (χ0n) is 20.1. The highest BCUT2D eigenvalue weighted by Crippen LogP contribution is 2.33. The predicted octanol–water partition coefficient (Wildman–Crippen LogP) is 6.06. The van der Waals surface area contributed by atoms with Crippen LogP contribution >= 0.6 is 11.6 Å². The molecule has 0 aromatic heterocycles. The summed E-state index contributed by atoms with van der Waals surface area (Å²) in [5.41, 5.74) is 3.28. The number of halogens is 1. The molecule has 1 aliphatic heterocycles. The van der Waals surface area contributed by atoms with Crippen LogP contribution in [0.4, 0.5) is 0 Å². The van der Waals surface area contributed by atoms with E-state index in [1.807, 2.05) is 18.2 Å². The first-order valence-corrected chi connectivity index (χ1v) is 12.9. The van der Waals surface area contributed by atoms with Crippen LogP contribution in [-0.2, 0) is 11.2 Å². The Kier molecular flexibility index (Phi) is 8.32. The van der Waals surface area contributed by atoms with Crippen molar-refractivity contribution in [1.82, 2.24) is 9.80 Å². The SMILES string of the molecule is CN(C)CCCOc1ccc(-c2ccc(CC3CCN(C4CCCCC4)C3=O)c(Cl)c2)cc1. The lowest BCUT2D eigenvalue weighted by atomic mass is 9.93. The van der Waals surface area contributed by atoms with Crippen molar-refractivity contribution in [3.8, 4) is 16.9 Å². The van der Waals surface area contributed by atoms with E-state index in [0.717, 1.165) is 66.4 Å². The first-order chi connectivity index (χ1) is 16.0. The standard InChI is InChI=1S/C28H37ClN2O2/c1-30(2)16-6-18-33-26-13-11-21(12-14-26)22-9-10-23(27(29)20-22)19-24-15-17-31(28(24)32)25-7-4-3-5-8-25/h9-14,20,24-25H,3-8,15-19H2,1-2H3. The van der Waals surface area contributed by atoms with E-state index in [1.165, 1.54) is 32.1 Å². The minimum absolute atomic E-state index is 0.0687. The molecule has 1 amide bonds. The Morgan fingerprint density at radius 3 is 2.42 bits per heavy atom. The zero-order valence-corrected chi connectivity index (χ0v) is 20.8. The van der Waals surface area contributed by atoms with Crippen molar-refractivity contribution in [1.29, 1.82) is 0 Å². The summed E-state index contributed by atoms with van der Waals surface area (Å²) in [4.78, 5) is 17.4. The molecule has 5 heteroatoms. The van der Waals surface area contributed by atoms with Crippen molar-refractivity contribution in [3.63, 3.8) is 0 Å². The van der Waals surface area contributed by atoms with Gasteiger partial charge < -0.3 is 14.5 Å². The summed E-state index contributed by atoms with van der Waals surface area (Å²) in [6.45, 7) is 2.65. The molecular weight excluding hydrogens is 432 g/mol. The molecule has 2 aliphatic rings. The molecule has 1 atom stereocenters. The number of rotatable bonds is 9. The van der Waals surface area contributed by atoms with Crippen molar-refractivity contribution in [3.05, 3.63) is 53.1 Å². The molecule has 1 unspecified atom stereocenters. The van der Waals surface area contributed by atoms with Crippen LogP contribution in [0.2, 0.25) is 5.02 Å². The molecule has 4 nitrogen and oxygen atoms in total. The van der Waals surface area contributed by atoms with Crippen molar-refractivity contribution in [2.24, 2.45) is 5.92 Å². The van der Waals surface area contributed by atoms with Crippen LogP contribution in [0.5, 0.6) is 5.75 Å². The lowest BCUT2D eigenvalue weighted by Gasteiger charge is -2.31. The fourth-order valence-corrected chi connectivity index (χ4v) is 5.44. The van der Waals surface area contributed by atoms with Gasteiger partial charge in [0.25, 0.3) is 0 Å². The zero-order chi connectivity index (χ0) is 23.2. The van der Waals surface area contributed by atoms with Gasteiger partial charge in [0.15, 0.2) is 0 Å². The molecule has 1 heterocycles.